The van der Waals surface area contributed by atoms with E-state index in [4.69, 9.17) is 4.74 Å². The fourth-order valence-electron chi connectivity index (χ4n) is 2.16. The molecule has 0 aliphatic heterocycles. The molecule has 0 aromatic heterocycles. The van der Waals surface area contributed by atoms with Gasteiger partial charge in [0.05, 0.1) is 6.61 Å². The number of nitrogens with one attached hydrogen (secondary N) is 1. The van der Waals surface area contributed by atoms with Crippen LogP contribution in [0.1, 0.15) is 45.6 Å². The Morgan fingerprint density at radius 3 is 2.42 bits per heavy atom. The second-order valence-corrected chi connectivity index (χ2v) is 6.18. The van der Waals surface area contributed by atoms with E-state index in [1.165, 1.54) is 18.4 Å². The van der Waals surface area contributed by atoms with Crippen LogP contribution in [0, 0.1) is 11.8 Å². The topological polar surface area (TPSA) is 21.3 Å². The lowest BCUT2D eigenvalue weighted by atomic mass is 10.1. The zero-order chi connectivity index (χ0) is 13.7. The second kappa shape index (κ2) is 6.95. The zero-order valence-corrected chi connectivity index (χ0v) is 12.5. The van der Waals surface area contributed by atoms with Crippen LogP contribution in [-0.2, 0) is 6.54 Å². The minimum absolute atomic E-state index is 0.655. The van der Waals surface area contributed by atoms with Gasteiger partial charge in [0.2, 0.25) is 0 Å². The van der Waals surface area contributed by atoms with Crippen molar-refractivity contribution in [3.05, 3.63) is 29.8 Å². The van der Waals surface area contributed by atoms with Gasteiger partial charge in [-0.2, -0.15) is 0 Å². The van der Waals surface area contributed by atoms with Crippen molar-refractivity contribution in [3.63, 3.8) is 0 Å². The van der Waals surface area contributed by atoms with Gasteiger partial charge in [-0.1, -0.05) is 26.0 Å². The number of hydrogen-bond donors (Lipinski definition) is 1. The summed E-state index contributed by atoms with van der Waals surface area (Å²) in [6, 6.07) is 9.15. The van der Waals surface area contributed by atoms with E-state index in [0.29, 0.717) is 12.0 Å². The minimum atomic E-state index is 0.655. The Morgan fingerprint density at radius 1 is 1.16 bits per heavy atom. The van der Waals surface area contributed by atoms with Crippen molar-refractivity contribution in [2.75, 3.05) is 6.61 Å². The normalized spacial score (nSPS) is 16.6. The fraction of sp³-hybridized carbons (Fsp3) is 0.647. The standard InChI is InChI=1S/C17H27NO/c1-13(2)10-11-19-17-8-4-15(5-9-17)12-18-14(3)16-6-7-16/h4-5,8-9,13-14,16,18H,6-7,10-12H2,1-3H3. The van der Waals surface area contributed by atoms with Gasteiger partial charge in [-0.25, -0.2) is 0 Å². The fourth-order valence-corrected chi connectivity index (χ4v) is 2.16. The van der Waals surface area contributed by atoms with Crippen LogP contribution in [0.15, 0.2) is 24.3 Å². The Morgan fingerprint density at radius 2 is 1.84 bits per heavy atom. The van der Waals surface area contributed by atoms with E-state index in [0.717, 1.165) is 31.2 Å². The summed E-state index contributed by atoms with van der Waals surface area (Å²) in [5.74, 6) is 2.60. The van der Waals surface area contributed by atoms with Crippen molar-refractivity contribution >= 4 is 0 Å². The molecule has 1 aromatic carbocycles. The Hall–Kier alpha value is -1.02. The van der Waals surface area contributed by atoms with E-state index in [-0.39, 0.29) is 0 Å². The Bertz CT molecular complexity index is 367. The molecule has 106 valence electrons. The molecule has 1 aliphatic rings. The van der Waals surface area contributed by atoms with E-state index in [9.17, 15) is 0 Å². The molecule has 1 unspecified atom stereocenters. The highest BCUT2D eigenvalue weighted by Crippen LogP contribution is 2.32. The molecular formula is C17H27NO. The molecule has 1 saturated carbocycles. The molecule has 0 amide bonds. The van der Waals surface area contributed by atoms with Crippen molar-refractivity contribution in [2.24, 2.45) is 11.8 Å². The van der Waals surface area contributed by atoms with Crippen LogP contribution in [-0.4, -0.2) is 12.6 Å². The predicted molar refractivity (Wildman–Crippen MR) is 80.4 cm³/mol. The van der Waals surface area contributed by atoms with E-state index in [2.05, 4.69) is 50.4 Å². The maximum Gasteiger partial charge on any atom is 0.119 e. The lowest BCUT2D eigenvalue weighted by Crippen LogP contribution is -2.27. The summed E-state index contributed by atoms with van der Waals surface area (Å²) in [6.45, 7) is 8.51. The maximum absolute atomic E-state index is 5.73. The van der Waals surface area contributed by atoms with Crippen LogP contribution in [0.5, 0.6) is 5.75 Å². The molecule has 0 saturated heterocycles. The van der Waals surface area contributed by atoms with Gasteiger partial charge in [-0.15, -0.1) is 0 Å². The van der Waals surface area contributed by atoms with Gasteiger partial charge >= 0.3 is 0 Å². The zero-order valence-electron chi connectivity index (χ0n) is 12.5. The average Bonchev–Trinajstić information content (AvgIpc) is 3.21. The third-order valence-electron chi connectivity index (χ3n) is 3.84. The number of hydrogen-bond acceptors (Lipinski definition) is 2. The molecule has 0 bridgehead atoms. The van der Waals surface area contributed by atoms with Crippen LogP contribution in [0.4, 0.5) is 0 Å². The molecular weight excluding hydrogens is 234 g/mol. The molecule has 1 fully saturated rings. The highest BCUT2D eigenvalue weighted by molar-refractivity contribution is 5.27. The molecule has 19 heavy (non-hydrogen) atoms. The van der Waals surface area contributed by atoms with Gasteiger partial charge in [0.15, 0.2) is 0 Å². The van der Waals surface area contributed by atoms with Gasteiger partial charge in [0, 0.05) is 12.6 Å². The first-order valence-electron chi connectivity index (χ1n) is 7.60. The van der Waals surface area contributed by atoms with Crippen LogP contribution in [0.25, 0.3) is 0 Å². The van der Waals surface area contributed by atoms with Crippen molar-refractivity contribution < 1.29 is 4.74 Å². The van der Waals surface area contributed by atoms with Crippen LogP contribution >= 0.6 is 0 Å². The molecule has 1 aliphatic carbocycles. The Balaban J connectivity index is 1.71. The smallest absolute Gasteiger partial charge is 0.119 e. The van der Waals surface area contributed by atoms with E-state index < -0.39 is 0 Å². The Kier molecular flexibility index (Phi) is 5.26. The highest BCUT2D eigenvalue weighted by atomic mass is 16.5. The summed E-state index contributed by atoms with van der Waals surface area (Å²) in [7, 11) is 0. The third-order valence-corrected chi connectivity index (χ3v) is 3.84. The molecule has 1 aromatic rings. The summed E-state index contributed by atoms with van der Waals surface area (Å²) in [4.78, 5) is 0. The highest BCUT2D eigenvalue weighted by Gasteiger charge is 2.27. The first kappa shape index (κ1) is 14.4. The molecule has 2 rings (SSSR count). The second-order valence-electron chi connectivity index (χ2n) is 6.18. The third kappa shape index (κ3) is 5.23. The molecule has 0 spiro atoms. The average molecular weight is 261 g/mol. The molecule has 0 radical (unpaired) electrons. The summed E-state index contributed by atoms with van der Waals surface area (Å²) in [5, 5.41) is 3.60. The van der Waals surface area contributed by atoms with E-state index >= 15 is 0 Å². The monoisotopic (exact) mass is 261 g/mol. The predicted octanol–water partition coefficient (Wildman–Crippen LogP) is 4.00. The molecule has 2 heteroatoms. The van der Waals surface area contributed by atoms with Gasteiger partial charge in [0.25, 0.3) is 0 Å². The van der Waals surface area contributed by atoms with Gasteiger partial charge < -0.3 is 10.1 Å². The first-order valence-corrected chi connectivity index (χ1v) is 7.60. The van der Waals surface area contributed by atoms with Gasteiger partial charge in [0.1, 0.15) is 5.75 Å². The minimum Gasteiger partial charge on any atom is -0.494 e. The van der Waals surface area contributed by atoms with Crippen molar-refractivity contribution in [1.29, 1.82) is 0 Å². The summed E-state index contributed by atoms with van der Waals surface area (Å²) in [5.41, 5.74) is 1.34. The van der Waals surface area contributed by atoms with Crippen LogP contribution in [0.2, 0.25) is 0 Å². The van der Waals surface area contributed by atoms with Crippen molar-refractivity contribution in [3.8, 4) is 5.75 Å². The van der Waals surface area contributed by atoms with Crippen molar-refractivity contribution in [1.82, 2.24) is 5.32 Å². The summed E-state index contributed by atoms with van der Waals surface area (Å²) >= 11 is 0. The largest absolute Gasteiger partial charge is 0.494 e. The van der Waals surface area contributed by atoms with Crippen LogP contribution in [0.3, 0.4) is 0 Å². The van der Waals surface area contributed by atoms with E-state index in [1.807, 2.05) is 0 Å². The van der Waals surface area contributed by atoms with Crippen molar-refractivity contribution in [2.45, 2.75) is 52.6 Å². The molecule has 2 nitrogen and oxygen atoms in total. The number of benzene rings is 1. The molecule has 1 atom stereocenters. The van der Waals surface area contributed by atoms with Gasteiger partial charge in [-0.3, -0.25) is 0 Å². The maximum atomic E-state index is 5.73. The summed E-state index contributed by atoms with van der Waals surface area (Å²) < 4.78 is 5.73. The molecule has 1 N–H and O–H groups in total. The van der Waals surface area contributed by atoms with Gasteiger partial charge in [-0.05, 0) is 55.7 Å². The molecule has 0 heterocycles. The lowest BCUT2D eigenvalue weighted by molar-refractivity contribution is 0.289. The Labute approximate surface area is 117 Å². The quantitative estimate of drug-likeness (QED) is 0.763. The SMILES string of the molecule is CC(C)CCOc1ccc(CNC(C)C2CC2)cc1. The van der Waals surface area contributed by atoms with E-state index in [1.54, 1.807) is 0 Å². The first-order chi connectivity index (χ1) is 9.15. The summed E-state index contributed by atoms with van der Waals surface area (Å²) in [6.07, 6.45) is 3.91. The number of rotatable bonds is 8. The lowest BCUT2D eigenvalue weighted by Gasteiger charge is -2.13. The van der Waals surface area contributed by atoms with Crippen LogP contribution < -0.4 is 10.1 Å². The number of ether oxygens (including phenoxy) is 1.